The van der Waals surface area contributed by atoms with Crippen LogP contribution >= 0.6 is 0 Å². The summed E-state index contributed by atoms with van der Waals surface area (Å²) in [5.41, 5.74) is 0. The van der Waals surface area contributed by atoms with Gasteiger partial charge in [0.2, 0.25) is 0 Å². The lowest BCUT2D eigenvalue weighted by Crippen LogP contribution is -2.32. The maximum absolute atomic E-state index is 5.63. The number of benzene rings is 1. The molecular formula is C14H21NO2. The zero-order valence-corrected chi connectivity index (χ0v) is 10.2. The minimum atomic E-state index is 0.594. The van der Waals surface area contributed by atoms with Crippen molar-refractivity contribution >= 4 is 0 Å². The molecule has 1 aromatic carbocycles. The summed E-state index contributed by atoms with van der Waals surface area (Å²) in [6.07, 6.45) is 3.49. The summed E-state index contributed by atoms with van der Waals surface area (Å²) in [7, 11) is 0. The molecule has 3 heteroatoms. The van der Waals surface area contributed by atoms with Gasteiger partial charge in [0.25, 0.3) is 0 Å². The quantitative estimate of drug-likeness (QED) is 0.794. The average molecular weight is 235 g/mol. The Morgan fingerprint density at radius 1 is 1.18 bits per heavy atom. The number of nitrogens with one attached hydrogen (secondary N) is 1. The maximum Gasteiger partial charge on any atom is 0.119 e. The van der Waals surface area contributed by atoms with Crippen LogP contribution in [0, 0.1) is 0 Å². The fourth-order valence-electron chi connectivity index (χ4n) is 2.06. The Morgan fingerprint density at radius 3 is 2.94 bits per heavy atom. The molecule has 1 aromatic rings. The van der Waals surface area contributed by atoms with Crippen molar-refractivity contribution in [2.24, 2.45) is 0 Å². The summed E-state index contributed by atoms with van der Waals surface area (Å²) in [5.74, 6) is 0.943. The van der Waals surface area contributed by atoms with Crippen LogP contribution in [-0.2, 0) is 4.74 Å². The molecule has 0 radical (unpaired) electrons. The highest BCUT2D eigenvalue weighted by Crippen LogP contribution is 2.09. The molecule has 17 heavy (non-hydrogen) atoms. The lowest BCUT2D eigenvalue weighted by atomic mass is 10.1. The van der Waals surface area contributed by atoms with Crippen LogP contribution in [0.4, 0.5) is 0 Å². The molecule has 1 N–H and O–H groups in total. The van der Waals surface area contributed by atoms with Crippen molar-refractivity contribution in [1.82, 2.24) is 5.32 Å². The second-order valence-electron chi connectivity index (χ2n) is 4.36. The van der Waals surface area contributed by atoms with Gasteiger partial charge in [-0.25, -0.2) is 0 Å². The molecule has 0 spiro atoms. The van der Waals surface area contributed by atoms with Gasteiger partial charge in [-0.2, -0.15) is 0 Å². The molecule has 3 nitrogen and oxygen atoms in total. The molecule has 1 fully saturated rings. The first-order valence-corrected chi connectivity index (χ1v) is 6.44. The summed E-state index contributed by atoms with van der Waals surface area (Å²) < 4.78 is 11.1. The van der Waals surface area contributed by atoms with E-state index in [1.165, 1.54) is 6.42 Å². The summed E-state index contributed by atoms with van der Waals surface area (Å²) in [5, 5.41) is 3.53. The molecule has 0 saturated carbocycles. The Bertz CT molecular complexity index is 294. The van der Waals surface area contributed by atoms with Crippen molar-refractivity contribution in [2.75, 3.05) is 26.4 Å². The fourth-order valence-corrected chi connectivity index (χ4v) is 2.06. The first kappa shape index (κ1) is 12.4. The van der Waals surface area contributed by atoms with E-state index in [0.717, 1.165) is 45.0 Å². The monoisotopic (exact) mass is 235 g/mol. The summed E-state index contributed by atoms with van der Waals surface area (Å²) in [6.45, 7) is 3.43. The zero-order valence-electron chi connectivity index (χ0n) is 10.2. The summed E-state index contributed by atoms with van der Waals surface area (Å²) in [4.78, 5) is 0. The van der Waals surface area contributed by atoms with Gasteiger partial charge in [-0.15, -0.1) is 0 Å². The molecular weight excluding hydrogens is 214 g/mol. The first-order valence-electron chi connectivity index (χ1n) is 6.44. The zero-order chi connectivity index (χ0) is 11.8. The third kappa shape index (κ3) is 4.75. The van der Waals surface area contributed by atoms with Gasteiger partial charge in [-0.3, -0.25) is 0 Å². The van der Waals surface area contributed by atoms with Crippen molar-refractivity contribution in [2.45, 2.75) is 25.3 Å². The Kier molecular flexibility index (Phi) is 5.33. The van der Waals surface area contributed by atoms with Gasteiger partial charge in [-0.05, 0) is 31.4 Å². The van der Waals surface area contributed by atoms with E-state index in [-0.39, 0.29) is 0 Å². The highest BCUT2D eigenvalue weighted by molar-refractivity contribution is 5.20. The van der Waals surface area contributed by atoms with E-state index in [1.807, 2.05) is 30.3 Å². The maximum atomic E-state index is 5.63. The third-order valence-electron chi connectivity index (χ3n) is 3.00. The number of para-hydroxylation sites is 1. The molecule has 2 rings (SSSR count). The Labute approximate surface area is 103 Å². The lowest BCUT2D eigenvalue weighted by molar-refractivity contribution is 0.142. The van der Waals surface area contributed by atoms with Crippen molar-refractivity contribution < 1.29 is 9.47 Å². The lowest BCUT2D eigenvalue weighted by Gasteiger charge is -2.15. The topological polar surface area (TPSA) is 30.5 Å². The predicted octanol–water partition coefficient (Wildman–Crippen LogP) is 2.22. The smallest absolute Gasteiger partial charge is 0.119 e. The van der Waals surface area contributed by atoms with Gasteiger partial charge in [-0.1, -0.05) is 18.2 Å². The van der Waals surface area contributed by atoms with Crippen molar-refractivity contribution in [3.8, 4) is 5.75 Å². The minimum Gasteiger partial charge on any atom is -0.492 e. The molecule has 1 aliphatic heterocycles. The van der Waals surface area contributed by atoms with E-state index < -0.39 is 0 Å². The molecule has 0 amide bonds. The Hall–Kier alpha value is -1.06. The second-order valence-corrected chi connectivity index (χ2v) is 4.36. The summed E-state index contributed by atoms with van der Waals surface area (Å²) in [6, 6.07) is 10.5. The van der Waals surface area contributed by atoms with Crippen LogP contribution in [0.15, 0.2) is 30.3 Å². The standard InChI is InChI=1S/C14H21NO2/c1-2-6-14(7-3-1)17-12-9-15-13-5-4-10-16-11-8-13/h1-3,6-7,13,15H,4-5,8-12H2. The van der Waals surface area contributed by atoms with E-state index in [4.69, 9.17) is 9.47 Å². The van der Waals surface area contributed by atoms with Gasteiger partial charge in [0.15, 0.2) is 0 Å². The first-order chi connectivity index (χ1) is 8.45. The van der Waals surface area contributed by atoms with Crippen molar-refractivity contribution in [3.63, 3.8) is 0 Å². The molecule has 1 atom stereocenters. The van der Waals surface area contributed by atoms with Gasteiger partial charge in [0.05, 0.1) is 0 Å². The van der Waals surface area contributed by atoms with Crippen LogP contribution in [0.1, 0.15) is 19.3 Å². The minimum absolute atomic E-state index is 0.594. The van der Waals surface area contributed by atoms with Crippen LogP contribution in [0.25, 0.3) is 0 Å². The normalized spacial score (nSPS) is 20.8. The molecule has 94 valence electrons. The van der Waals surface area contributed by atoms with E-state index >= 15 is 0 Å². The molecule has 0 bridgehead atoms. The van der Waals surface area contributed by atoms with E-state index in [0.29, 0.717) is 6.04 Å². The van der Waals surface area contributed by atoms with E-state index in [2.05, 4.69) is 5.32 Å². The predicted molar refractivity (Wildman–Crippen MR) is 68.4 cm³/mol. The highest BCUT2D eigenvalue weighted by Gasteiger charge is 2.10. The van der Waals surface area contributed by atoms with Crippen LogP contribution < -0.4 is 10.1 Å². The second kappa shape index (κ2) is 7.30. The van der Waals surface area contributed by atoms with Crippen molar-refractivity contribution in [1.29, 1.82) is 0 Å². The summed E-state index contributed by atoms with van der Waals surface area (Å²) >= 11 is 0. The largest absolute Gasteiger partial charge is 0.492 e. The Morgan fingerprint density at radius 2 is 2.06 bits per heavy atom. The molecule has 1 saturated heterocycles. The van der Waals surface area contributed by atoms with Gasteiger partial charge >= 0.3 is 0 Å². The van der Waals surface area contributed by atoms with Crippen LogP contribution in [0.3, 0.4) is 0 Å². The third-order valence-corrected chi connectivity index (χ3v) is 3.00. The van der Waals surface area contributed by atoms with Crippen molar-refractivity contribution in [3.05, 3.63) is 30.3 Å². The molecule has 0 aliphatic carbocycles. The van der Waals surface area contributed by atoms with Crippen LogP contribution in [0.2, 0.25) is 0 Å². The molecule has 1 aliphatic rings. The molecule has 0 aromatic heterocycles. The number of rotatable bonds is 5. The van der Waals surface area contributed by atoms with Gasteiger partial charge in [0.1, 0.15) is 12.4 Å². The van der Waals surface area contributed by atoms with E-state index in [1.54, 1.807) is 0 Å². The molecule has 1 heterocycles. The number of hydrogen-bond acceptors (Lipinski definition) is 3. The Balaban J connectivity index is 1.59. The SMILES string of the molecule is c1ccc(OCCNC2CCCOCC2)cc1. The molecule has 1 unspecified atom stereocenters. The highest BCUT2D eigenvalue weighted by atomic mass is 16.5. The van der Waals surface area contributed by atoms with Crippen LogP contribution in [0.5, 0.6) is 5.75 Å². The fraction of sp³-hybridized carbons (Fsp3) is 0.571. The number of ether oxygens (including phenoxy) is 2. The van der Waals surface area contributed by atoms with Gasteiger partial charge in [0, 0.05) is 25.8 Å². The van der Waals surface area contributed by atoms with E-state index in [9.17, 15) is 0 Å². The van der Waals surface area contributed by atoms with Gasteiger partial charge < -0.3 is 14.8 Å². The average Bonchev–Trinajstić information content (AvgIpc) is 2.65. The van der Waals surface area contributed by atoms with Crippen LogP contribution in [-0.4, -0.2) is 32.4 Å². The number of hydrogen-bond donors (Lipinski definition) is 1.